The Morgan fingerprint density at radius 3 is 2.61 bits per heavy atom. The Kier molecular flexibility index (Phi) is 6.75. The van der Waals surface area contributed by atoms with Crippen molar-refractivity contribution in [1.29, 1.82) is 0 Å². The number of benzene rings is 2. The van der Waals surface area contributed by atoms with Gasteiger partial charge in [0.1, 0.15) is 0 Å². The molecule has 1 saturated heterocycles. The lowest BCUT2D eigenvalue weighted by atomic mass is 9.98. The van der Waals surface area contributed by atoms with Gasteiger partial charge in [-0.15, -0.1) is 0 Å². The van der Waals surface area contributed by atoms with Gasteiger partial charge in [0.2, 0.25) is 15.9 Å². The molecule has 5 nitrogen and oxygen atoms in total. The molecule has 1 heterocycles. The quantitative estimate of drug-likeness (QED) is 0.778. The van der Waals surface area contributed by atoms with E-state index in [1.165, 1.54) is 27.6 Å². The van der Waals surface area contributed by atoms with Crippen molar-refractivity contribution in [1.82, 2.24) is 9.62 Å². The Hall–Kier alpha value is -1.89. The maximum Gasteiger partial charge on any atom is 0.243 e. The number of piperidine rings is 1. The number of carbonyl (C=O) groups excluding carboxylic acids is 1. The molecule has 1 fully saturated rings. The number of rotatable bonds is 6. The van der Waals surface area contributed by atoms with E-state index >= 15 is 0 Å². The third-order valence-electron chi connectivity index (χ3n) is 5.16. The molecule has 1 atom stereocenters. The summed E-state index contributed by atoms with van der Waals surface area (Å²) in [5.74, 6) is -0.405. The van der Waals surface area contributed by atoms with Crippen LogP contribution in [0.5, 0.6) is 0 Å². The monoisotopic (exact) mass is 420 g/mol. The van der Waals surface area contributed by atoms with Crippen LogP contribution in [0, 0.1) is 12.8 Å². The average Bonchev–Trinajstić information content (AvgIpc) is 2.70. The molecule has 28 heavy (non-hydrogen) atoms. The molecule has 0 aliphatic carbocycles. The van der Waals surface area contributed by atoms with Crippen molar-refractivity contribution in [3.63, 3.8) is 0 Å². The number of amides is 1. The van der Waals surface area contributed by atoms with Gasteiger partial charge in [-0.2, -0.15) is 4.31 Å². The van der Waals surface area contributed by atoms with E-state index in [1.54, 1.807) is 12.1 Å². The second kappa shape index (κ2) is 9.07. The van der Waals surface area contributed by atoms with E-state index < -0.39 is 10.0 Å². The third-order valence-corrected chi connectivity index (χ3v) is 7.29. The predicted molar refractivity (Wildman–Crippen MR) is 111 cm³/mol. The normalized spacial score (nSPS) is 18.0. The maximum atomic E-state index is 12.9. The maximum absolute atomic E-state index is 12.9. The van der Waals surface area contributed by atoms with Crippen LogP contribution in [0.15, 0.2) is 53.4 Å². The summed E-state index contributed by atoms with van der Waals surface area (Å²) in [4.78, 5) is 12.8. The van der Waals surface area contributed by atoms with Crippen LogP contribution in [0.25, 0.3) is 0 Å². The van der Waals surface area contributed by atoms with E-state index in [2.05, 4.69) is 24.4 Å². The van der Waals surface area contributed by atoms with Crippen LogP contribution in [0.4, 0.5) is 0 Å². The Morgan fingerprint density at radius 2 is 1.89 bits per heavy atom. The van der Waals surface area contributed by atoms with Gasteiger partial charge in [0.05, 0.1) is 10.8 Å². The number of aryl methyl sites for hydroxylation is 1. The highest BCUT2D eigenvalue weighted by atomic mass is 35.5. The molecular weight excluding hydrogens is 396 g/mol. The summed E-state index contributed by atoms with van der Waals surface area (Å²) in [5.41, 5.74) is 2.41. The van der Waals surface area contributed by atoms with Gasteiger partial charge in [-0.3, -0.25) is 4.79 Å². The summed E-state index contributed by atoms with van der Waals surface area (Å²) in [6.45, 7) is 3.24. The van der Waals surface area contributed by atoms with Crippen LogP contribution >= 0.6 is 11.6 Å². The number of sulfonamides is 1. The third kappa shape index (κ3) is 4.93. The molecule has 1 N–H and O–H groups in total. The first-order valence-electron chi connectivity index (χ1n) is 9.46. The minimum atomic E-state index is -3.62. The Labute approximate surface area is 171 Å². The van der Waals surface area contributed by atoms with Crippen molar-refractivity contribution in [3.05, 3.63) is 64.7 Å². The van der Waals surface area contributed by atoms with Crippen molar-refractivity contribution in [2.45, 2.75) is 31.1 Å². The summed E-state index contributed by atoms with van der Waals surface area (Å²) in [6.07, 6.45) is 2.13. The highest BCUT2D eigenvalue weighted by Crippen LogP contribution is 2.24. The van der Waals surface area contributed by atoms with Crippen LogP contribution in [-0.2, 0) is 21.2 Å². The molecule has 2 aromatic rings. The zero-order valence-corrected chi connectivity index (χ0v) is 17.5. The first-order chi connectivity index (χ1) is 13.4. The van der Waals surface area contributed by atoms with Crippen molar-refractivity contribution in [3.8, 4) is 0 Å². The lowest BCUT2D eigenvalue weighted by molar-refractivity contribution is -0.126. The van der Waals surface area contributed by atoms with Crippen LogP contribution in [0.3, 0.4) is 0 Å². The lowest BCUT2D eigenvalue weighted by Crippen LogP contribution is -2.45. The lowest BCUT2D eigenvalue weighted by Gasteiger charge is -2.31. The molecule has 2 aromatic carbocycles. The second-order valence-electron chi connectivity index (χ2n) is 7.12. The van der Waals surface area contributed by atoms with Crippen LogP contribution in [0.2, 0.25) is 5.02 Å². The molecule has 0 aromatic heterocycles. The summed E-state index contributed by atoms with van der Waals surface area (Å²) >= 11 is 5.85. The smallest absolute Gasteiger partial charge is 0.243 e. The molecular formula is C21H25ClN2O3S. The first kappa shape index (κ1) is 20.8. The number of halogens is 1. The van der Waals surface area contributed by atoms with E-state index in [0.29, 0.717) is 31.0 Å². The van der Waals surface area contributed by atoms with Gasteiger partial charge in [0, 0.05) is 24.7 Å². The van der Waals surface area contributed by atoms with Crippen molar-refractivity contribution in [2.75, 3.05) is 19.6 Å². The van der Waals surface area contributed by atoms with Gasteiger partial charge in [-0.05, 0) is 61.6 Å². The number of nitrogens with zero attached hydrogens (tertiary/aromatic N) is 1. The Morgan fingerprint density at radius 1 is 1.18 bits per heavy atom. The Balaban J connectivity index is 1.58. The minimum Gasteiger partial charge on any atom is -0.355 e. The molecule has 0 bridgehead atoms. The number of carbonyl (C=O) groups is 1. The van der Waals surface area contributed by atoms with E-state index in [-0.39, 0.29) is 23.3 Å². The Bertz CT molecular complexity index is 929. The van der Waals surface area contributed by atoms with Crippen molar-refractivity contribution < 1.29 is 13.2 Å². The van der Waals surface area contributed by atoms with Gasteiger partial charge in [0.15, 0.2) is 0 Å². The fourth-order valence-electron chi connectivity index (χ4n) is 3.49. The van der Waals surface area contributed by atoms with E-state index in [0.717, 1.165) is 6.42 Å². The van der Waals surface area contributed by atoms with Crippen molar-refractivity contribution >= 4 is 27.5 Å². The molecule has 0 radical (unpaired) electrons. The molecule has 1 unspecified atom stereocenters. The van der Waals surface area contributed by atoms with E-state index in [4.69, 9.17) is 11.6 Å². The predicted octanol–water partition coefficient (Wildman–Crippen LogP) is 3.41. The van der Waals surface area contributed by atoms with Gasteiger partial charge >= 0.3 is 0 Å². The van der Waals surface area contributed by atoms with Crippen molar-refractivity contribution in [2.24, 2.45) is 5.92 Å². The highest BCUT2D eigenvalue weighted by Gasteiger charge is 2.33. The number of hydrogen-bond acceptors (Lipinski definition) is 3. The first-order valence-corrected chi connectivity index (χ1v) is 11.3. The molecule has 1 aliphatic heterocycles. The van der Waals surface area contributed by atoms with Gasteiger partial charge in [0.25, 0.3) is 0 Å². The summed E-state index contributed by atoms with van der Waals surface area (Å²) in [6, 6.07) is 14.2. The minimum absolute atomic E-state index is 0.0791. The largest absolute Gasteiger partial charge is 0.355 e. The molecule has 1 aliphatic rings. The molecule has 150 valence electrons. The second-order valence-corrected chi connectivity index (χ2v) is 9.50. The van der Waals surface area contributed by atoms with Crippen LogP contribution < -0.4 is 5.32 Å². The zero-order chi connectivity index (χ0) is 20.1. The molecule has 3 rings (SSSR count). The summed E-state index contributed by atoms with van der Waals surface area (Å²) in [7, 11) is -3.62. The van der Waals surface area contributed by atoms with Gasteiger partial charge < -0.3 is 5.32 Å². The fourth-order valence-corrected chi connectivity index (χ4v) is 5.14. The summed E-state index contributed by atoms with van der Waals surface area (Å²) in [5, 5.41) is 3.46. The van der Waals surface area contributed by atoms with E-state index in [9.17, 15) is 13.2 Å². The summed E-state index contributed by atoms with van der Waals surface area (Å²) < 4.78 is 27.1. The van der Waals surface area contributed by atoms with E-state index in [1.807, 2.05) is 12.1 Å². The zero-order valence-electron chi connectivity index (χ0n) is 15.9. The molecule has 0 saturated carbocycles. The topological polar surface area (TPSA) is 66.5 Å². The molecule has 1 amide bonds. The SMILES string of the molecule is Cc1ccccc1CCNC(=O)C1CCCN(S(=O)(=O)c2ccc(Cl)cc2)C1. The highest BCUT2D eigenvalue weighted by molar-refractivity contribution is 7.89. The number of hydrogen-bond donors (Lipinski definition) is 1. The standard InChI is InChI=1S/C21H25ClN2O3S/c1-16-5-2-3-6-17(16)12-13-23-21(25)18-7-4-14-24(15-18)28(26,27)20-10-8-19(22)9-11-20/h2-3,5-6,8-11,18H,4,7,12-15H2,1H3,(H,23,25). The van der Waals surface area contributed by atoms with Crippen LogP contribution in [-0.4, -0.2) is 38.3 Å². The fraction of sp³-hybridized carbons (Fsp3) is 0.381. The van der Waals surface area contributed by atoms with Gasteiger partial charge in [-0.1, -0.05) is 35.9 Å². The molecule has 7 heteroatoms. The number of nitrogens with one attached hydrogen (secondary N) is 1. The van der Waals surface area contributed by atoms with Crippen LogP contribution in [0.1, 0.15) is 24.0 Å². The van der Waals surface area contributed by atoms with Gasteiger partial charge in [-0.25, -0.2) is 8.42 Å². The average molecular weight is 421 g/mol. The molecule has 0 spiro atoms.